The summed E-state index contributed by atoms with van der Waals surface area (Å²) in [6.45, 7) is 1.84. The van der Waals surface area contributed by atoms with Crippen molar-refractivity contribution in [1.82, 2.24) is 4.98 Å². The minimum absolute atomic E-state index is 0.188. The molecule has 0 radical (unpaired) electrons. The number of carboxylic acid groups (broad SMARTS) is 1. The zero-order valence-electron chi connectivity index (χ0n) is 11.8. The average Bonchev–Trinajstić information content (AvgIpc) is 2.85. The van der Waals surface area contributed by atoms with Gasteiger partial charge in [0.2, 0.25) is 0 Å². The van der Waals surface area contributed by atoms with Gasteiger partial charge in [-0.1, -0.05) is 12.1 Å². The number of carbonyl (C=O) groups is 1. The molecule has 2 aromatic heterocycles. The molecule has 2 heterocycles. The van der Waals surface area contributed by atoms with Gasteiger partial charge in [0, 0.05) is 10.3 Å². The third kappa shape index (κ3) is 2.92. The lowest BCUT2D eigenvalue weighted by Crippen LogP contribution is -2.05. The minimum atomic E-state index is -4.46. The molecule has 0 aliphatic carbocycles. The molecule has 1 aromatic carbocycles. The standard InChI is InChI=1S/C16H10F3NO2S/c1-8-5-12-11(7-13(15(21)22)20-14(12)23-8)9-3-2-4-10(6-9)16(17,18)19/h2-7H,1H3,(H,21,22). The number of alkyl halides is 3. The number of carboxylic acids is 1. The van der Waals surface area contributed by atoms with Gasteiger partial charge in [-0.15, -0.1) is 11.3 Å². The Morgan fingerprint density at radius 3 is 2.61 bits per heavy atom. The van der Waals surface area contributed by atoms with Crippen molar-refractivity contribution in [3.63, 3.8) is 0 Å². The van der Waals surface area contributed by atoms with Gasteiger partial charge in [0.25, 0.3) is 0 Å². The molecular formula is C16H10F3NO2S. The number of halogens is 3. The van der Waals surface area contributed by atoms with Crippen molar-refractivity contribution in [2.45, 2.75) is 13.1 Å². The average molecular weight is 337 g/mol. The highest BCUT2D eigenvalue weighted by Crippen LogP contribution is 2.36. The van der Waals surface area contributed by atoms with E-state index in [-0.39, 0.29) is 5.69 Å². The highest BCUT2D eigenvalue weighted by atomic mass is 32.1. The first-order valence-corrected chi connectivity index (χ1v) is 7.39. The molecule has 0 aliphatic rings. The van der Waals surface area contributed by atoms with Crippen LogP contribution in [0.25, 0.3) is 21.3 Å². The maximum atomic E-state index is 12.9. The van der Waals surface area contributed by atoms with Gasteiger partial charge in [0.15, 0.2) is 5.69 Å². The minimum Gasteiger partial charge on any atom is -0.477 e. The van der Waals surface area contributed by atoms with Gasteiger partial charge in [-0.25, -0.2) is 9.78 Å². The molecule has 3 nitrogen and oxygen atoms in total. The van der Waals surface area contributed by atoms with Crippen LogP contribution in [0.1, 0.15) is 20.9 Å². The molecule has 7 heteroatoms. The van der Waals surface area contributed by atoms with Crippen molar-refractivity contribution in [3.05, 3.63) is 52.5 Å². The molecule has 1 N–H and O–H groups in total. The predicted octanol–water partition coefficient (Wildman–Crippen LogP) is 4.99. The number of fused-ring (bicyclic) bond motifs is 1. The number of aromatic carboxylic acids is 1. The van der Waals surface area contributed by atoms with Gasteiger partial charge in [-0.2, -0.15) is 13.2 Å². The van der Waals surface area contributed by atoms with Crippen LogP contribution in [0, 0.1) is 6.92 Å². The number of hydrogen-bond donors (Lipinski definition) is 1. The summed E-state index contributed by atoms with van der Waals surface area (Å²) in [6, 6.07) is 7.96. The van der Waals surface area contributed by atoms with Crippen molar-refractivity contribution in [3.8, 4) is 11.1 Å². The molecule has 0 aliphatic heterocycles. The molecule has 3 aromatic rings. The van der Waals surface area contributed by atoms with Crippen LogP contribution in [0.15, 0.2) is 36.4 Å². The molecular weight excluding hydrogens is 327 g/mol. The van der Waals surface area contributed by atoms with E-state index >= 15 is 0 Å². The Hall–Kier alpha value is -2.41. The number of hydrogen-bond acceptors (Lipinski definition) is 3. The van der Waals surface area contributed by atoms with Crippen molar-refractivity contribution < 1.29 is 23.1 Å². The van der Waals surface area contributed by atoms with Gasteiger partial charge >= 0.3 is 12.1 Å². The molecule has 0 saturated carbocycles. The molecule has 23 heavy (non-hydrogen) atoms. The quantitative estimate of drug-likeness (QED) is 0.717. The second-order valence-corrected chi connectivity index (χ2v) is 6.25. The Balaban J connectivity index is 2.28. The summed E-state index contributed by atoms with van der Waals surface area (Å²) < 4.78 is 38.7. The number of pyridine rings is 1. The van der Waals surface area contributed by atoms with Gasteiger partial charge in [-0.3, -0.25) is 0 Å². The molecule has 3 rings (SSSR count). The first-order chi connectivity index (χ1) is 10.8. The fourth-order valence-corrected chi connectivity index (χ4v) is 3.25. The van der Waals surface area contributed by atoms with Gasteiger partial charge in [0.05, 0.1) is 5.56 Å². The van der Waals surface area contributed by atoms with E-state index in [1.807, 2.05) is 6.92 Å². The summed E-state index contributed by atoms with van der Waals surface area (Å²) >= 11 is 1.31. The lowest BCUT2D eigenvalue weighted by molar-refractivity contribution is -0.137. The largest absolute Gasteiger partial charge is 0.477 e. The summed E-state index contributed by atoms with van der Waals surface area (Å²) in [7, 11) is 0. The van der Waals surface area contributed by atoms with Gasteiger partial charge < -0.3 is 5.11 Å². The van der Waals surface area contributed by atoms with Crippen LogP contribution in [0.2, 0.25) is 0 Å². The zero-order valence-corrected chi connectivity index (χ0v) is 12.6. The van der Waals surface area contributed by atoms with E-state index in [1.165, 1.54) is 29.5 Å². The predicted molar refractivity (Wildman–Crippen MR) is 81.8 cm³/mol. The summed E-state index contributed by atoms with van der Waals surface area (Å²) in [6.07, 6.45) is -4.46. The normalized spacial score (nSPS) is 11.8. The molecule has 118 valence electrons. The molecule has 0 fully saturated rings. The van der Waals surface area contributed by atoms with Crippen molar-refractivity contribution in [1.29, 1.82) is 0 Å². The third-order valence-corrected chi connectivity index (χ3v) is 4.29. The monoisotopic (exact) mass is 337 g/mol. The van der Waals surface area contributed by atoms with Crippen LogP contribution in [-0.4, -0.2) is 16.1 Å². The second kappa shape index (κ2) is 5.34. The Labute approximate surface area is 133 Å². The van der Waals surface area contributed by atoms with Crippen molar-refractivity contribution in [2.24, 2.45) is 0 Å². The summed E-state index contributed by atoms with van der Waals surface area (Å²) in [5.74, 6) is -1.22. The van der Waals surface area contributed by atoms with Crippen molar-refractivity contribution in [2.75, 3.05) is 0 Å². The number of rotatable bonds is 2. The van der Waals surface area contributed by atoms with Crippen molar-refractivity contribution >= 4 is 27.5 Å². The molecule has 0 saturated heterocycles. The van der Waals surface area contributed by atoms with E-state index in [2.05, 4.69) is 4.98 Å². The highest BCUT2D eigenvalue weighted by Gasteiger charge is 2.30. The molecule has 0 unspecified atom stereocenters. The number of nitrogens with zero attached hydrogens (tertiary/aromatic N) is 1. The lowest BCUT2D eigenvalue weighted by Gasteiger charge is -2.10. The molecule has 0 amide bonds. The first-order valence-electron chi connectivity index (χ1n) is 6.58. The molecule has 0 atom stereocenters. The first kappa shape index (κ1) is 15.5. The Kier molecular flexibility index (Phi) is 3.60. The van der Waals surface area contributed by atoms with E-state index in [1.54, 1.807) is 6.07 Å². The van der Waals surface area contributed by atoms with E-state index in [9.17, 15) is 18.0 Å². The number of aryl methyl sites for hydroxylation is 1. The smallest absolute Gasteiger partial charge is 0.416 e. The van der Waals surface area contributed by atoms with E-state index in [0.29, 0.717) is 21.3 Å². The third-order valence-electron chi connectivity index (χ3n) is 3.35. The maximum Gasteiger partial charge on any atom is 0.416 e. The van der Waals surface area contributed by atoms with E-state index < -0.39 is 17.7 Å². The lowest BCUT2D eigenvalue weighted by atomic mass is 10.00. The van der Waals surface area contributed by atoms with Gasteiger partial charge in [0.1, 0.15) is 4.83 Å². The van der Waals surface area contributed by atoms with Crippen LogP contribution >= 0.6 is 11.3 Å². The summed E-state index contributed by atoms with van der Waals surface area (Å²) in [4.78, 5) is 16.7. The van der Waals surface area contributed by atoms with Crippen LogP contribution in [-0.2, 0) is 6.18 Å². The summed E-state index contributed by atoms with van der Waals surface area (Å²) in [5.41, 5.74) is -0.217. The Morgan fingerprint density at radius 2 is 1.96 bits per heavy atom. The highest BCUT2D eigenvalue weighted by molar-refractivity contribution is 7.18. The molecule has 0 spiro atoms. The topological polar surface area (TPSA) is 50.2 Å². The second-order valence-electron chi connectivity index (χ2n) is 5.01. The Morgan fingerprint density at radius 1 is 1.22 bits per heavy atom. The van der Waals surface area contributed by atoms with Crippen LogP contribution in [0.4, 0.5) is 13.2 Å². The van der Waals surface area contributed by atoms with Crippen LogP contribution in [0.5, 0.6) is 0 Å². The van der Waals surface area contributed by atoms with Crippen LogP contribution in [0.3, 0.4) is 0 Å². The van der Waals surface area contributed by atoms with E-state index in [4.69, 9.17) is 5.11 Å². The number of aromatic nitrogens is 1. The Bertz CT molecular complexity index is 915. The number of benzene rings is 1. The van der Waals surface area contributed by atoms with E-state index in [0.717, 1.165) is 17.0 Å². The van der Waals surface area contributed by atoms with Crippen LogP contribution < -0.4 is 0 Å². The molecule has 0 bridgehead atoms. The SMILES string of the molecule is Cc1cc2c(-c3cccc(C(F)(F)F)c3)cc(C(=O)O)nc2s1. The maximum absolute atomic E-state index is 12.9. The zero-order chi connectivity index (χ0) is 16.8. The fourth-order valence-electron chi connectivity index (χ4n) is 2.35. The van der Waals surface area contributed by atoms with Gasteiger partial charge in [-0.05, 0) is 42.3 Å². The number of thiophene rings is 1. The fraction of sp³-hybridized carbons (Fsp3) is 0.125. The summed E-state index contributed by atoms with van der Waals surface area (Å²) in [5, 5.41) is 9.82.